The average Bonchev–Trinajstić information content (AvgIpc) is 2.27. The highest BCUT2D eigenvalue weighted by molar-refractivity contribution is 6.09. The van der Waals surface area contributed by atoms with Gasteiger partial charge >= 0.3 is 6.18 Å². The van der Waals surface area contributed by atoms with Crippen molar-refractivity contribution in [1.29, 1.82) is 5.41 Å². The monoisotopic (exact) mass is 259 g/mol. The summed E-state index contributed by atoms with van der Waals surface area (Å²) in [7, 11) is 1.10. The van der Waals surface area contributed by atoms with Gasteiger partial charge in [0.1, 0.15) is 11.4 Å². The molecule has 1 aromatic carbocycles. The lowest BCUT2D eigenvalue weighted by Crippen LogP contribution is -2.24. The van der Waals surface area contributed by atoms with E-state index in [4.69, 9.17) is 11.1 Å². The highest BCUT2D eigenvalue weighted by Crippen LogP contribution is 2.25. The van der Waals surface area contributed by atoms with E-state index in [0.717, 1.165) is 7.05 Å². The summed E-state index contributed by atoms with van der Waals surface area (Å²) in [5.74, 6) is -0.303. The fourth-order valence-electron chi connectivity index (χ4n) is 1.29. The van der Waals surface area contributed by atoms with E-state index in [1.165, 1.54) is 18.2 Å². The summed E-state index contributed by atoms with van der Waals surface area (Å²) in [4.78, 5) is 0. The number of nitrogens with one attached hydrogen (secondary N) is 2. The van der Waals surface area contributed by atoms with Gasteiger partial charge in [0.15, 0.2) is 0 Å². The van der Waals surface area contributed by atoms with Gasteiger partial charge in [-0.2, -0.15) is 13.2 Å². The zero-order valence-corrected chi connectivity index (χ0v) is 9.47. The van der Waals surface area contributed by atoms with Crippen LogP contribution in [0.1, 0.15) is 5.56 Å². The van der Waals surface area contributed by atoms with Gasteiger partial charge < -0.3 is 21.6 Å². The Morgan fingerprint density at radius 3 is 2.56 bits per heavy atom. The summed E-state index contributed by atoms with van der Waals surface area (Å²) in [6, 6.07) is 3.84. The van der Waals surface area contributed by atoms with E-state index in [1.54, 1.807) is 0 Å². The molecular weight excluding hydrogens is 247 g/mol. The van der Waals surface area contributed by atoms with Crippen LogP contribution in [0.25, 0.3) is 0 Å². The maximum absolute atomic E-state index is 12.5. The van der Waals surface area contributed by atoms with Gasteiger partial charge in [-0.25, -0.2) is 0 Å². The molecular formula is C11H12F3N3O. The smallest absolute Gasteiger partial charge is 0.430 e. The summed E-state index contributed by atoms with van der Waals surface area (Å²) in [5, 5.41) is 19.0. The number of halogens is 3. The number of allylic oxidation sites excluding steroid dienone is 2. The number of phenols is 1. The van der Waals surface area contributed by atoms with Gasteiger partial charge in [0, 0.05) is 18.3 Å². The van der Waals surface area contributed by atoms with Crippen LogP contribution in [0.3, 0.4) is 0 Å². The van der Waals surface area contributed by atoms with Crippen molar-refractivity contribution in [2.24, 2.45) is 0 Å². The van der Waals surface area contributed by atoms with Crippen molar-refractivity contribution in [3.8, 4) is 5.75 Å². The minimum absolute atomic E-state index is 0.0630. The molecule has 4 nitrogen and oxygen atoms in total. The van der Waals surface area contributed by atoms with Gasteiger partial charge in [0.25, 0.3) is 0 Å². The largest absolute Gasteiger partial charge is 0.507 e. The molecule has 0 amide bonds. The molecule has 0 atom stereocenters. The first-order valence-electron chi connectivity index (χ1n) is 4.89. The minimum Gasteiger partial charge on any atom is -0.507 e. The Morgan fingerprint density at radius 1 is 1.44 bits per heavy atom. The quantitative estimate of drug-likeness (QED) is 0.380. The summed E-state index contributed by atoms with van der Waals surface area (Å²) < 4.78 is 37.4. The number of alkyl halides is 3. The minimum atomic E-state index is -4.59. The van der Waals surface area contributed by atoms with E-state index in [2.05, 4.69) is 0 Å². The Bertz CT molecular complexity index is 495. The van der Waals surface area contributed by atoms with Crippen LogP contribution in [0.2, 0.25) is 0 Å². The second-order valence-electron chi connectivity index (χ2n) is 3.50. The normalized spacial score (nSPS) is 12.3. The maximum Gasteiger partial charge on any atom is 0.430 e. The fourth-order valence-corrected chi connectivity index (χ4v) is 1.29. The van der Waals surface area contributed by atoms with Crippen LogP contribution in [0, 0.1) is 5.41 Å². The number of hydrogen-bond acceptors (Lipinski definition) is 4. The Labute approximate surface area is 101 Å². The summed E-state index contributed by atoms with van der Waals surface area (Å²) in [5.41, 5.74) is 4.07. The van der Waals surface area contributed by atoms with Gasteiger partial charge in [-0.3, -0.25) is 0 Å². The van der Waals surface area contributed by atoms with Gasteiger partial charge in [0.2, 0.25) is 0 Å². The molecule has 0 aliphatic carbocycles. The van der Waals surface area contributed by atoms with E-state index in [9.17, 15) is 18.3 Å². The standard InChI is InChI=1S/C11H12F3N3O/c1-17-10(11(12,13)14)5-8(16)7-4-6(15)2-3-9(7)18/h2-5,16-18H,15H2,1H3/b10-5-,16-8?. The number of nitrogen functional groups attached to an aromatic ring is 1. The molecule has 98 valence electrons. The van der Waals surface area contributed by atoms with E-state index in [-0.39, 0.29) is 17.0 Å². The van der Waals surface area contributed by atoms with Crippen LogP contribution in [0.4, 0.5) is 18.9 Å². The van der Waals surface area contributed by atoms with Gasteiger partial charge in [-0.05, 0) is 24.3 Å². The molecule has 18 heavy (non-hydrogen) atoms. The van der Waals surface area contributed by atoms with Crippen molar-refractivity contribution < 1.29 is 18.3 Å². The van der Waals surface area contributed by atoms with Crippen LogP contribution < -0.4 is 11.1 Å². The van der Waals surface area contributed by atoms with E-state index in [1.807, 2.05) is 5.32 Å². The van der Waals surface area contributed by atoms with Crippen LogP contribution in [0.5, 0.6) is 5.75 Å². The predicted molar refractivity (Wildman–Crippen MR) is 62.5 cm³/mol. The molecule has 0 aliphatic rings. The number of hydrogen-bond donors (Lipinski definition) is 4. The fraction of sp³-hybridized carbons (Fsp3) is 0.182. The van der Waals surface area contributed by atoms with E-state index >= 15 is 0 Å². The Morgan fingerprint density at radius 2 is 2.06 bits per heavy atom. The molecule has 0 saturated heterocycles. The third-order valence-corrected chi connectivity index (χ3v) is 2.17. The molecule has 0 spiro atoms. The van der Waals surface area contributed by atoms with Gasteiger partial charge in [0.05, 0.1) is 5.71 Å². The molecule has 0 aromatic heterocycles. The predicted octanol–water partition coefficient (Wildman–Crippen LogP) is 2.01. The van der Waals surface area contributed by atoms with Gasteiger partial charge in [-0.15, -0.1) is 0 Å². The Hall–Kier alpha value is -2.18. The molecule has 0 heterocycles. The third kappa shape index (κ3) is 3.16. The molecule has 5 N–H and O–H groups in total. The maximum atomic E-state index is 12.5. The lowest BCUT2D eigenvalue weighted by molar-refractivity contribution is -0.0958. The summed E-state index contributed by atoms with van der Waals surface area (Å²) >= 11 is 0. The summed E-state index contributed by atoms with van der Waals surface area (Å²) in [6.07, 6.45) is -3.99. The SMILES string of the molecule is CN/C(=C\C(=N)c1cc(N)ccc1O)C(F)(F)F. The third-order valence-electron chi connectivity index (χ3n) is 2.17. The first-order chi connectivity index (χ1) is 8.25. The van der Waals surface area contributed by atoms with Crippen molar-refractivity contribution in [3.05, 3.63) is 35.5 Å². The number of nitrogens with two attached hydrogens (primary N) is 1. The van der Waals surface area contributed by atoms with Crippen LogP contribution >= 0.6 is 0 Å². The summed E-state index contributed by atoms with van der Waals surface area (Å²) in [6.45, 7) is 0. The van der Waals surface area contributed by atoms with E-state index in [0.29, 0.717) is 6.08 Å². The highest BCUT2D eigenvalue weighted by atomic mass is 19.4. The van der Waals surface area contributed by atoms with Crippen molar-refractivity contribution in [2.45, 2.75) is 6.18 Å². The van der Waals surface area contributed by atoms with Gasteiger partial charge in [-0.1, -0.05) is 0 Å². The molecule has 0 fully saturated rings. The molecule has 0 aliphatic heterocycles. The van der Waals surface area contributed by atoms with Crippen LogP contribution in [-0.2, 0) is 0 Å². The zero-order chi connectivity index (χ0) is 13.9. The molecule has 1 rings (SSSR count). The first-order valence-corrected chi connectivity index (χ1v) is 4.89. The van der Waals surface area contributed by atoms with Crippen molar-refractivity contribution >= 4 is 11.4 Å². The highest BCUT2D eigenvalue weighted by Gasteiger charge is 2.33. The number of aromatic hydroxyl groups is 1. The number of benzene rings is 1. The number of rotatable bonds is 3. The number of phenolic OH excluding ortho intramolecular Hbond substituents is 1. The molecule has 0 radical (unpaired) electrons. The molecule has 1 aromatic rings. The Balaban J connectivity index is 3.15. The lowest BCUT2D eigenvalue weighted by atomic mass is 10.1. The van der Waals surface area contributed by atoms with Crippen LogP contribution in [-0.4, -0.2) is 24.0 Å². The lowest BCUT2D eigenvalue weighted by Gasteiger charge is -2.11. The van der Waals surface area contributed by atoms with Crippen LogP contribution in [0.15, 0.2) is 30.0 Å². The Kier molecular flexibility index (Phi) is 3.85. The topological polar surface area (TPSA) is 82.1 Å². The van der Waals surface area contributed by atoms with Crippen molar-refractivity contribution in [1.82, 2.24) is 5.32 Å². The second-order valence-corrected chi connectivity index (χ2v) is 3.50. The second kappa shape index (κ2) is 4.99. The number of anilines is 1. The van der Waals surface area contributed by atoms with Crippen molar-refractivity contribution in [3.63, 3.8) is 0 Å². The molecule has 0 bridgehead atoms. The average molecular weight is 259 g/mol. The molecule has 0 unspecified atom stereocenters. The zero-order valence-electron chi connectivity index (χ0n) is 9.47. The van der Waals surface area contributed by atoms with Crippen molar-refractivity contribution in [2.75, 3.05) is 12.8 Å². The molecule has 7 heteroatoms. The first kappa shape index (κ1) is 13.9. The van der Waals surface area contributed by atoms with E-state index < -0.39 is 17.6 Å². The molecule has 0 saturated carbocycles.